The van der Waals surface area contributed by atoms with E-state index in [9.17, 15) is 4.79 Å². The number of rotatable bonds is 4. The number of carbonyl (C=O) groups excluding carboxylic acids is 1. The van der Waals surface area contributed by atoms with Crippen molar-refractivity contribution in [1.29, 1.82) is 0 Å². The normalized spacial score (nSPS) is 17.0. The van der Waals surface area contributed by atoms with Crippen LogP contribution in [0.2, 0.25) is 4.34 Å². The highest BCUT2D eigenvalue weighted by atomic mass is 35.5. The molecule has 0 saturated carbocycles. The molecule has 1 aliphatic rings. The van der Waals surface area contributed by atoms with Gasteiger partial charge in [-0.25, -0.2) is 4.79 Å². The van der Waals surface area contributed by atoms with Crippen molar-refractivity contribution in [3.63, 3.8) is 0 Å². The lowest BCUT2D eigenvalue weighted by Crippen LogP contribution is -2.44. The molecule has 0 spiro atoms. The second kappa shape index (κ2) is 6.35. The quantitative estimate of drug-likeness (QED) is 0.844. The second-order valence-electron chi connectivity index (χ2n) is 3.83. The van der Waals surface area contributed by atoms with Gasteiger partial charge >= 0.3 is 5.97 Å². The Hall–Kier alpha value is -0.620. The van der Waals surface area contributed by atoms with Gasteiger partial charge in [0.2, 0.25) is 0 Å². The maximum Gasteiger partial charge on any atom is 0.348 e. The topological polar surface area (TPSA) is 41.6 Å². The van der Waals surface area contributed by atoms with E-state index in [1.165, 1.54) is 11.3 Å². The molecular formula is C11H15ClN2O2S. The first-order chi connectivity index (χ1) is 8.25. The summed E-state index contributed by atoms with van der Waals surface area (Å²) in [6, 6.07) is 3.40. The minimum absolute atomic E-state index is 0.281. The van der Waals surface area contributed by atoms with Crippen molar-refractivity contribution in [1.82, 2.24) is 10.2 Å². The van der Waals surface area contributed by atoms with Crippen molar-refractivity contribution in [2.45, 2.75) is 0 Å². The van der Waals surface area contributed by atoms with Crippen molar-refractivity contribution < 1.29 is 9.53 Å². The number of ether oxygens (including phenoxy) is 1. The minimum Gasteiger partial charge on any atom is -0.460 e. The van der Waals surface area contributed by atoms with Crippen LogP contribution in [-0.4, -0.2) is 50.2 Å². The second-order valence-corrected chi connectivity index (χ2v) is 5.55. The lowest BCUT2D eigenvalue weighted by molar-refractivity contribution is 0.0461. The Morgan fingerprint density at radius 2 is 2.24 bits per heavy atom. The number of esters is 1. The highest BCUT2D eigenvalue weighted by Gasteiger charge is 2.12. The minimum atomic E-state index is -0.281. The first kappa shape index (κ1) is 12.8. The molecule has 1 N–H and O–H groups in total. The third-order valence-electron chi connectivity index (χ3n) is 2.62. The van der Waals surface area contributed by atoms with Crippen LogP contribution in [0.3, 0.4) is 0 Å². The van der Waals surface area contributed by atoms with Gasteiger partial charge < -0.3 is 10.1 Å². The molecule has 6 heteroatoms. The fourth-order valence-corrected chi connectivity index (χ4v) is 2.63. The molecule has 0 radical (unpaired) electrons. The molecule has 1 aromatic heterocycles. The van der Waals surface area contributed by atoms with Gasteiger partial charge in [-0.1, -0.05) is 11.6 Å². The Bertz CT molecular complexity index is 377. The van der Waals surface area contributed by atoms with Gasteiger partial charge in [0.25, 0.3) is 0 Å². The largest absolute Gasteiger partial charge is 0.460 e. The number of hydrogen-bond donors (Lipinski definition) is 1. The summed E-state index contributed by atoms with van der Waals surface area (Å²) in [5.74, 6) is -0.281. The summed E-state index contributed by atoms with van der Waals surface area (Å²) in [5, 5.41) is 3.28. The Morgan fingerprint density at radius 3 is 2.88 bits per heavy atom. The molecule has 1 fully saturated rings. The Labute approximate surface area is 110 Å². The third-order valence-corrected chi connectivity index (χ3v) is 3.84. The van der Waals surface area contributed by atoms with Crippen LogP contribution in [0.25, 0.3) is 0 Å². The molecule has 94 valence electrons. The van der Waals surface area contributed by atoms with Crippen LogP contribution in [0.4, 0.5) is 0 Å². The number of hydrogen-bond acceptors (Lipinski definition) is 5. The van der Waals surface area contributed by atoms with Crippen LogP contribution in [-0.2, 0) is 4.74 Å². The molecule has 4 nitrogen and oxygen atoms in total. The van der Waals surface area contributed by atoms with Crippen LogP contribution in [0.15, 0.2) is 12.1 Å². The van der Waals surface area contributed by atoms with Gasteiger partial charge in [-0.05, 0) is 12.1 Å². The van der Waals surface area contributed by atoms with Crippen LogP contribution in [0.1, 0.15) is 9.67 Å². The Balaban J connectivity index is 1.69. The van der Waals surface area contributed by atoms with Gasteiger partial charge in [0.1, 0.15) is 11.5 Å². The predicted molar refractivity (Wildman–Crippen MR) is 68.9 cm³/mol. The highest BCUT2D eigenvalue weighted by molar-refractivity contribution is 7.17. The van der Waals surface area contributed by atoms with Crippen LogP contribution < -0.4 is 5.32 Å². The summed E-state index contributed by atoms with van der Waals surface area (Å²) in [7, 11) is 0. The van der Waals surface area contributed by atoms with E-state index in [2.05, 4.69) is 10.2 Å². The molecule has 0 aromatic carbocycles. The standard InChI is InChI=1S/C11H15ClN2O2S/c12-10-2-1-9(17-10)11(15)16-8-7-14-5-3-13-4-6-14/h1-2,13H,3-8H2. The van der Waals surface area contributed by atoms with E-state index in [0.717, 1.165) is 32.7 Å². The van der Waals surface area contributed by atoms with Crippen LogP contribution in [0, 0.1) is 0 Å². The highest BCUT2D eigenvalue weighted by Crippen LogP contribution is 2.21. The van der Waals surface area contributed by atoms with Gasteiger partial charge in [0, 0.05) is 32.7 Å². The van der Waals surface area contributed by atoms with Gasteiger partial charge in [-0.2, -0.15) is 0 Å². The average Bonchev–Trinajstić information content (AvgIpc) is 2.77. The Morgan fingerprint density at radius 1 is 1.47 bits per heavy atom. The number of thiophene rings is 1. The first-order valence-electron chi connectivity index (χ1n) is 5.61. The number of nitrogens with zero attached hydrogens (tertiary/aromatic N) is 1. The SMILES string of the molecule is O=C(OCCN1CCNCC1)c1ccc(Cl)s1. The van der Waals surface area contributed by atoms with Crippen molar-refractivity contribution in [3.05, 3.63) is 21.3 Å². The summed E-state index contributed by atoms with van der Waals surface area (Å²) >= 11 is 7.00. The lowest BCUT2D eigenvalue weighted by Gasteiger charge is -2.26. The molecular weight excluding hydrogens is 260 g/mol. The maximum absolute atomic E-state index is 11.6. The summed E-state index contributed by atoms with van der Waals surface area (Å²) in [6.45, 7) is 5.29. The fourth-order valence-electron chi connectivity index (χ4n) is 1.70. The smallest absolute Gasteiger partial charge is 0.348 e. The van der Waals surface area contributed by atoms with Crippen LogP contribution in [0.5, 0.6) is 0 Å². The number of nitrogens with one attached hydrogen (secondary N) is 1. The molecule has 1 aliphatic heterocycles. The van der Waals surface area contributed by atoms with E-state index in [1.807, 2.05) is 0 Å². The molecule has 17 heavy (non-hydrogen) atoms. The van der Waals surface area contributed by atoms with Gasteiger partial charge in [-0.15, -0.1) is 11.3 Å². The van der Waals surface area contributed by atoms with Gasteiger partial charge in [0.05, 0.1) is 4.34 Å². The molecule has 1 saturated heterocycles. The number of carbonyl (C=O) groups is 1. The van der Waals surface area contributed by atoms with Crippen molar-refractivity contribution in [3.8, 4) is 0 Å². The lowest BCUT2D eigenvalue weighted by atomic mass is 10.3. The number of piperazine rings is 1. The number of halogens is 1. The summed E-state index contributed by atoms with van der Waals surface area (Å²) in [4.78, 5) is 14.4. The molecule has 1 aromatic rings. The molecule has 0 unspecified atom stereocenters. The summed E-state index contributed by atoms with van der Waals surface area (Å²) in [6.07, 6.45) is 0. The van der Waals surface area contributed by atoms with Gasteiger partial charge in [0.15, 0.2) is 0 Å². The summed E-state index contributed by atoms with van der Waals surface area (Å²) < 4.78 is 5.81. The van der Waals surface area contributed by atoms with E-state index < -0.39 is 0 Å². The van der Waals surface area contributed by atoms with Crippen LogP contribution >= 0.6 is 22.9 Å². The molecule has 0 bridgehead atoms. The van der Waals surface area contributed by atoms with E-state index in [1.54, 1.807) is 12.1 Å². The fraction of sp³-hybridized carbons (Fsp3) is 0.545. The molecule has 2 rings (SSSR count). The molecule has 2 heterocycles. The third kappa shape index (κ3) is 3.96. The molecule has 0 atom stereocenters. The maximum atomic E-state index is 11.6. The van der Waals surface area contributed by atoms with E-state index in [-0.39, 0.29) is 5.97 Å². The van der Waals surface area contributed by atoms with E-state index in [0.29, 0.717) is 15.8 Å². The van der Waals surface area contributed by atoms with Crippen molar-refractivity contribution >= 4 is 28.9 Å². The Kier molecular flexibility index (Phi) is 4.79. The summed E-state index contributed by atoms with van der Waals surface area (Å²) in [5.41, 5.74) is 0. The van der Waals surface area contributed by atoms with Gasteiger partial charge in [-0.3, -0.25) is 4.90 Å². The predicted octanol–water partition coefficient (Wildman–Crippen LogP) is 1.46. The van der Waals surface area contributed by atoms with E-state index in [4.69, 9.17) is 16.3 Å². The van der Waals surface area contributed by atoms with Crippen molar-refractivity contribution in [2.24, 2.45) is 0 Å². The van der Waals surface area contributed by atoms with Crippen molar-refractivity contribution in [2.75, 3.05) is 39.3 Å². The van der Waals surface area contributed by atoms with E-state index >= 15 is 0 Å². The molecule has 0 aliphatic carbocycles. The zero-order valence-corrected chi connectivity index (χ0v) is 11.0. The monoisotopic (exact) mass is 274 g/mol. The zero-order valence-electron chi connectivity index (χ0n) is 9.45. The average molecular weight is 275 g/mol. The molecule has 0 amide bonds. The zero-order chi connectivity index (χ0) is 12.1. The first-order valence-corrected chi connectivity index (χ1v) is 6.81.